The number of ether oxygens (including phenoxy) is 1. The van der Waals surface area contributed by atoms with E-state index in [-0.39, 0.29) is 46.9 Å². The third kappa shape index (κ3) is 4.02. The van der Waals surface area contributed by atoms with E-state index in [0.717, 1.165) is 75.5 Å². The van der Waals surface area contributed by atoms with Gasteiger partial charge in [-0.05, 0) is 98.2 Å². The van der Waals surface area contributed by atoms with Crippen molar-refractivity contribution in [3.8, 4) is 22.9 Å². The average Bonchev–Trinajstić information content (AvgIpc) is 3.72. The number of rotatable bonds is 5. The van der Waals surface area contributed by atoms with Crippen molar-refractivity contribution in [3.05, 3.63) is 41.0 Å². The molecule has 2 aliphatic carbocycles. The van der Waals surface area contributed by atoms with Crippen molar-refractivity contribution in [2.75, 3.05) is 37.7 Å². The molecule has 232 valence electrons. The largest absolute Gasteiger partial charge is 0.508 e. The lowest BCUT2D eigenvalue weighted by atomic mass is 9.63. The van der Waals surface area contributed by atoms with Gasteiger partial charge < -0.3 is 20.1 Å². The number of nitrogens with zero attached hydrogens (tertiary/aromatic N) is 4. The van der Waals surface area contributed by atoms with E-state index in [4.69, 9.17) is 9.72 Å². The van der Waals surface area contributed by atoms with E-state index >= 15 is 8.78 Å². The Hall–Kier alpha value is -3.11. The highest BCUT2D eigenvalue weighted by Crippen LogP contribution is 2.57. The molecule has 2 bridgehead atoms. The van der Waals surface area contributed by atoms with Crippen LogP contribution in [-0.2, 0) is 11.8 Å². The van der Waals surface area contributed by atoms with Gasteiger partial charge in [-0.3, -0.25) is 4.90 Å². The van der Waals surface area contributed by atoms with Crippen LogP contribution in [0.15, 0.2) is 18.2 Å². The Bertz CT molecular complexity index is 1670. The zero-order valence-corrected chi connectivity index (χ0v) is 24.8. The van der Waals surface area contributed by atoms with Crippen molar-refractivity contribution < 1.29 is 23.0 Å². The van der Waals surface area contributed by atoms with Crippen LogP contribution in [-0.4, -0.2) is 76.6 Å². The molecule has 10 heteroatoms. The number of phenolic OH excluding ortho intramolecular Hbond substituents is 1. The molecule has 6 aliphatic rings. The van der Waals surface area contributed by atoms with E-state index in [1.54, 1.807) is 6.07 Å². The SMILES string of the molecule is Oc1cc2c(c(-c3c(F)cc4c(N5CC6CCC(C5)N6)nc(OCC56CCCN5CC(F)C6)nc4c3F)c1)C1(CCC1)CC2. The first-order chi connectivity index (χ1) is 21.3. The summed E-state index contributed by atoms with van der Waals surface area (Å²) >= 11 is 0. The minimum Gasteiger partial charge on any atom is -0.508 e. The molecule has 4 unspecified atom stereocenters. The van der Waals surface area contributed by atoms with E-state index in [1.807, 2.05) is 0 Å². The Balaban J connectivity index is 1.18. The number of aromatic nitrogens is 2. The number of hydrogen-bond acceptors (Lipinski definition) is 7. The summed E-state index contributed by atoms with van der Waals surface area (Å²) in [6.45, 7) is 2.82. The zero-order valence-electron chi connectivity index (χ0n) is 24.8. The van der Waals surface area contributed by atoms with Crippen molar-refractivity contribution in [1.82, 2.24) is 20.2 Å². The zero-order chi connectivity index (χ0) is 29.8. The summed E-state index contributed by atoms with van der Waals surface area (Å²) in [7, 11) is 0. The number of anilines is 1. The number of piperazine rings is 1. The van der Waals surface area contributed by atoms with Gasteiger partial charge in [-0.1, -0.05) is 6.42 Å². The van der Waals surface area contributed by atoms with Gasteiger partial charge in [0.25, 0.3) is 0 Å². The van der Waals surface area contributed by atoms with Gasteiger partial charge in [0, 0.05) is 43.5 Å². The maximum absolute atomic E-state index is 16.9. The highest BCUT2D eigenvalue weighted by molar-refractivity contribution is 5.94. The second kappa shape index (κ2) is 9.69. The number of nitrogens with one attached hydrogen (secondary N) is 1. The molecule has 4 atom stereocenters. The van der Waals surface area contributed by atoms with Crippen LogP contribution in [0.1, 0.15) is 68.9 Å². The molecule has 4 saturated heterocycles. The molecule has 1 saturated carbocycles. The van der Waals surface area contributed by atoms with Crippen LogP contribution < -0.4 is 15.0 Å². The van der Waals surface area contributed by atoms with Crippen LogP contribution in [0.4, 0.5) is 19.0 Å². The van der Waals surface area contributed by atoms with Gasteiger partial charge >= 0.3 is 6.01 Å². The van der Waals surface area contributed by atoms with Crippen molar-refractivity contribution in [1.29, 1.82) is 0 Å². The fraction of sp³-hybridized carbons (Fsp3) is 0.588. The number of aryl methyl sites for hydroxylation is 1. The summed E-state index contributed by atoms with van der Waals surface area (Å²) in [5.41, 5.74) is 1.76. The van der Waals surface area contributed by atoms with Crippen LogP contribution in [0.5, 0.6) is 11.8 Å². The summed E-state index contributed by atoms with van der Waals surface area (Å²) < 4.78 is 54.0. The molecule has 1 spiro atoms. The average molecular weight is 606 g/mol. The minimum atomic E-state index is -0.894. The van der Waals surface area contributed by atoms with Gasteiger partial charge in [0.1, 0.15) is 35.7 Å². The Morgan fingerprint density at radius 1 is 1.00 bits per heavy atom. The smallest absolute Gasteiger partial charge is 0.319 e. The fourth-order valence-electron chi connectivity index (χ4n) is 9.64. The standard InChI is InChI=1S/C34H38F3N5O2/c35-20-14-34(8-2-10-42(34)15-20)18-44-32-39-30-25(31(40-32)41-16-21-3-4-22(17-41)38-21)13-26(36)27(29(30)37)24-12-23(43)11-19-5-9-33(28(19)24)6-1-7-33/h11-13,20-22,38,43H,1-10,14-18H2. The van der Waals surface area contributed by atoms with Crippen LogP contribution >= 0.6 is 0 Å². The molecule has 3 aromatic rings. The lowest BCUT2D eigenvalue weighted by Crippen LogP contribution is -2.51. The molecule has 5 fully saturated rings. The summed E-state index contributed by atoms with van der Waals surface area (Å²) in [6, 6.07) is 5.26. The highest BCUT2D eigenvalue weighted by atomic mass is 19.1. The second-order valence-electron chi connectivity index (χ2n) is 14.3. The first-order valence-corrected chi connectivity index (χ1v) is 16.4. The Morgan fingerprint density at radius 3 is 2.59 bits per heavy atom. The summed E-state index contributed by atoms with van der Waals surface area (Å²) in [5.74, 6) is -0.951. The summed E-state index contributed by atoms with van der Waals surface area (Å²) in [5, 5.41) is 14.6. The maximum atomic E-state index is 16.9. The second-order valence-corrected chi connectivity index (χ2v) is 14.3. The van der Waals surface area contributed by atoms with Gasteiger partial charge in [0.2, 0.25) is 0 Å². The predicted octanol–water partition coefficient (Wildman–Crippen LogP) is 5.54. The molecule has 7 nitrogen and oxygen atoms in total. The lowest BCUT2D eigenvalue weighted by Gasteiger charge is -2.40. The maximum Gasteiger partial charge on any atom is 0.319 e. The number of halogens is 3. The van der Waals surface area contributed by atoms with Gasteiger partial charge in [0.05, 0.1) is 11.1 Å². The van der Waals surface area contributed by atoms with Gasteiger partial charge in [-0.15, -0.1) is 0 Å². The number of phenols is 1. The minimum absolute atomic E-state index is 0.0144. The van der Waals surface area contributed by atoms with Crippen molar-refractivity contribution in [3.63, 3.8) is 0 Å². The molecule has 1 aromatic heterocycles. The van der Waals surface area contributed by atoms with Crippen molar-refractivity contribution >= 4 is 16.7 Å². The van der Waals surface area contributed by atoms with E-state index in [1.165, 1.54) is 12.1 Å². The van der Waals surface area contributed by atoms with Gasteiger partial charge in [0.15, 0.2) is 5.82 Å². The quantitative estimate of drug-likeness (QED) is 0.396. The summed E-state index contributed by atoms with van der Waals surface area (Å²) in [6.07, 6.45) is 8.23. The number of fused-ring (bicyclic) bond motifs is 6. The fourth-order valence-corrected chi connectivity index (χ4v) is 9.64. The molecule has 2 aromatic carbocycles. The van der Waals surface area contributed by atoms with Crippen LogP contribution in [0, 0.1) is 11.6 Å². The number of alkyl halides is 1. The monoisotopic (exact) mass is 605 g/mol. The van der Waals surface area contributed by atoms with Crippen LogP contribution in [0.2, 0.25) is 0 Å². The van der Waals surface area contributed by atoms with Crippen LogP contribution in [0.25, 0.3) is 22.0 Å². The highest BCUT2D eigenvalue weighted by Gasteiger charge is 2.50. The first kappa shape index (κ1) is 27.2. The molecule has 0 radical (unpaired) electrons. The van der Waals surface area contributed by atoms with Crippen LogP contribution in [0.3, 0.4) is 0 Å². The molecule has 0 amide bonds. The van der Waals surface area contributed by atoms with Gasteiger partial charge in [-0.2, -0.15) is 9.97 Å². The third-order valence-electron chi connectivity index (χ3n) is 11.8. The Morgan fingerprint density at radius 2 is 1.82 bits per heavy atom. The van der Waals surface area contributed by atoms with Crippen molar-refractivity contribution in [2.24, 2.45) is 0 Å². The summed E-state index contributed by atoms with van der Waals surface area (Å²) in [4.78, 5) is 13.7. The predicted molar refractivity (Wildman–Crippen MR) is 161 cm³/mol. The molecule has 9 rings (SSSR count). The topological polar surface area (TPSA) is 73.8 Å². The first-order valence-electron chi connectivity index (χ1n) is 16.4. The molecular weight excluding hydrogens is 567 g/mol. The lowest BCUT2D eigenvalue weighted by molar-refractivity contribution is 0.107. The van der Waals surface area contributed by atoms with Crippen molar-refractivity contribution in [2.45, 2.75) is 93.4 Å². The molecule has 44 heavy (non-hydrogen) atoms. The third-order valence-corrected chi connectivity index (χ3v) is 11.8. The number of aromatic hydroxyl groups is 1. The molecule has 5 heterocycles. The molecule has 4 aliphatic heterocycles. The van der Waals surface area contributed by atoms with E-state index < -0.39 is 23.3 Å². The van der Waals surface area contributed by atoms with Gasteiger partial charge in [-0.25, -0.2) is 13.2 Å². The van der Waals surface area contributed by atoms with E-state index in [9.17, 15) is 9.50 Å². The molecular formula is C34H38F3N5O2. The number of hydrogen-bond donors (Lipinski definition) is 2. The van der Waals surface area contributed by atoms with E-state index in [2.05, 4.69) is 20.1 Å². The molecule has 2 N–H and O–H groups in total. The normalized spacial score (nSPS) is 30.2. The number of benzene rings is 2. The van der Waals surface area contributed by atoms with E-state index in [0.29, 0.717) is 42.8 Å². The Labute approximate surface area is 254 Å². The Kier molecular flexibility index (Phi) is 6.00.